The van der Waals surface area contributed by atoms with Gasteiger partial charge in [-0.15, -0.1) is 19.7 Å². The Kier molecular flexibility index (Phi) is 30.5. The minimum atomic E-state index is -0.352. The standard InChI is InChI=1S/2C4H8O.C3H6O/c1-3-4-5-2;1-3-4(2)5;1-2-3-4/h3H,1,4H2,2H3;3-5H,1H2,2H3;2,4H,1,3H2. The van der Waals surface area contributed by atoms with Gasteiger partial charge in [0.15, 0.2) is 0 Å². The summed E-state index contributed by atoms with van der Waals surface area (Å²) in [5.74, 6) is 0. The Morgan fingerprint density at radius 1 is 1.29 bits per heavy atom. The zero-order valence-electron chi connectivity index (χ0n) is 9.15. The van der Waals surface area contributed by atoms with E-state index in [4.69, 9.17) is 10.2 Å². The molecule has 1 atom stereocenters. The first-order valence-corrected chi connectivity index (χ1v) is 4.22. The van der Waals surface area contributed by atoms with Crippen molar-refractivity contribution < 1.29 is 14.9 Å². The van der Waals surface area contributed by atoms with Crippen LogP contribution in [0.4, 0.5) is 0 Å². The third-order valence-electron chi connectivity index (χ3n) is 0.755. The summed E-state index contributed by atoms with van der Waals surface area (Å²) in [5, 5.41) is 16.0. The highest BCUT2D eigenvalue weighted by atomic mass is 16.5. The maximum atomic E-state index is 8.24. The number of methoxy groups -OCH3 is 1. The highest BCUT2D eigenvalue weighted by molar-refractivity contribution is 4.72. The SMILES string of the molecule is C=CC(C)O.C=CCO.C=CCOC. The fourth-order valence-electron chi connectivity index (χ4n) is 0.118. The number of hydrogen-bond acceptors (Lipinski definition) is 3. The van der Waals surface area contributed by atoms with Crippen molar-refractivity contribution >= 4 is 0 Å². The first kappa shape index (κ1) is 18.8. The minimum Gasteiger partial charge on any atom is -0.392 e. The molecule has 0 aliphatic rings. The molecule has 0 spiro atoms. The summed E-state index contributed by atoms with van der Waals surface area (Å²) in [6.45, 7) is 12.4. The Balaban J connectivity index is -0.000000131. The van der Waals surface area contributed by atoms with Gasteiger partial charge in [-0.05, 0) is 6.92 Å². The highest BCUT2D eigenvalue weighted by Crippen LogP contribution is 1.73. The van der Waals surface area contributed by atoms with Crippen LogP contribution in [0.1, 0.15) is 6.92 Å². The molecule has 0 fully saturated rings. The zero-order valence-corrected chi connectivity index (χ0v) is 9.15. The number of hydrogen-bond donors (Lipinski definition) is 2. The van der Waals surface area contributed by atoms with Gasteiger partial charge < -0.3 is 14.9 Å². The third kappa shape index (κ3) is 67.4. The Hall–Kier alpha value is -0.900. The lowest BCUT2D eigenvalue weighted by molar-refractivity contribution is 0.234. The minimum absolute atomic E-state index is 0.0833. The Labute approximate surface area is 87.0 Å². The van der Waals surface area contributed by atoms with Crippen molar-refractivity contribution in [3.8, 4) is 0 Å². The first-order chi connectivity index (χ1) is 6.60. The maximum absolute atomic E-state index is 8.24. The number of aliphatic hydroxyl groups excluding tert-OH is 2. The second-order valence-electron chi connectivity index (χ2n) is 2.19. The normalized spacial score (nSPS) is 9.43. The van der Waals surface area contributed by atoms with Gasteiger partial charge in [-0.1, -0.05) is 18.2 Å². The van der Waals surface area contributed by atoms with Gasteiger partial charge in [0.25, 0.3) is 0 Å². The lowest BCUT2D eigenvalue weighted by Gasteiger charge is -1.84. The van der Waals surface area contributed by atoms with Crippen LogP contribution in [0.3, 0.4) is 0 Å². The van der Waals surface area contributed by atoms with Gasteiger partial charge in [-0.25, -0.2) is 0 Å². The lowest BCUT2D eigenvalue weighted by atomic mass is 10.4. The van der Waals surface area contributed by atoms with E-state index in [2.05, 4.69) is 24.5 Å². The summed E-state index contributed by atoms with van der Waals surface area (Å²) in [5.41, 5.74) is 0. The fraction of sp³-hybridized carbons (Fsp3) is 0.455. The fourth-order valence-corrected chi connectivity index (χ4v) is 0.118. The van der Waals surface area contributed by atoms with Gasteiger partial charge in [0.1, 0.15) is 0 Å². The second-order valence-corrected chi connectivity index (χ2v) is 2.19. The van der Waals surface area contributed by atoms with E-state index in [1.165, 1.54) is 12.2 Å². The van der Waals surface area contributed by atoms with E-state index in [0.29, 0.717) is 6.61 Å². The van der Waals surface area contributed by atoms with E-state index >= 15 is 0 Å². The molecular formula is C11H22O3. The summed E-state index contributed by atoms with van der Waals surface area (Å²) >= 11 is 0. The molecule has 0 amide bonds. The molecule has 84 valence electrons. The smallest absolute Gasteiger partial charge is 0.0690 e. The molecule has 14 heavy (non-hydrogen) atoms. The molecule has 3 heteroatoms. The van der Waals surface area contributed by atoms with Gasteiger partial charge >= 0.3 is 0 Å². The molecule has 0 aromatic rings. The summed E-state index contributed by atoms with van der Waals surface area (Å²) in [7, 11) is 1.64. The molecule has 0 aliphatic carbocycles. The molecule has 0 aromatic heterocycles. The summed E-state index contributed by atoms with van der Waals surface area (Å²) < 4.78 is 4.57. The van der Waals surface area contributed by atoms with E-state index in [1.54, 1.807) is 20.1 Å². The zero-order chi connectivity index (χ0) is 11.8. The second kappa shape index (κ2) is 22.7. The van der Waals surface area contributed by atoms with Crippen LogP contribution >= 0.6 is 0 Å². The van der Waals surface area contributed by atoms with Gasteiger partial charge in [-0.3, -0.25) is 0 Å². The van der Waals surface area contributed by atoms with Crippen molar-refractivity contribution in [2.45, 2.75) is 13.0 Å². The first-order valence-electron chi connectivity index (χ1n) is 4.22. The molecule has 0 saturated carbocycles. The van der Waals surface area contributed by atoms with Crippen molar-refractivity contribution in [1.82, 2.24) is 0 Å². The molecule has 0 radical (unpaired) electrons. The van der Waals surface area contributed by atoms with Crippen molar-refractivity contribution in [1.29, 1.82) is 0 Å². The molecular weight excluding hydrogens is 180 g/mol. The highest BCUT2D eigenvalue weighted by Gasteiger charge is 1.75. The van der Waals surface area contributed by atoms with Crippen molar-refractivity contribution in [3.05, 3.63) is 38.0 Å². The Morgan fingerprint density at radius 3 is 1.64 bits per heavy atom. The number of aliphatic hydroxyl groups is 2. The topological polar surface area (TPSA) is 49.7 Å². The number of ether oxygens (including phenoxy) is 1. The van der Waals surface area contributed by atoms with Gasteiger partial charge in [0.05, 0.1) is 19.3 Å². The van der Waals surface area contributed by atoms with Crippen LogP contribution < -0.4 is 0 Å². The summed E-state index contributed by atoms with van der Waals surface area (Å²) in [6.07, 6.45) is 4.26. The predicted octanol–water partition coefficient (Wildman–Crippen LogP) is 1.54. The van der Waals surface area contributed by atoms with Crippen LogP contribution in [0.25, 0.3) is 0 Å². The van der Waals surface area contributed by atoms with Gasteiger partial charge in [0.2, 0.25) is 0 Å². The molecule has 0 aromatic carbocycles. The average Bonchev–Trinajstić information content (AvgIpc) is 2.20. The molecule has 2 N–H and O–H groups in total. The Morgan fingerprint density at radius 2 is 1.64 bits per heavy atom. The van der Waals surface area contributed by atoms with Crippen LogP contribution in [-0.4, -0.2) is 36.6 Å². The van der Waals surface area contributed by atoms with Crippen LogP contribution in [0, 0.1) is 0 Å². The molecule has 3 nitrogen and oxygen atoms in total. The third-order valence-corrected chi connectivity index (χ3v) is 0.755. The van der Waals surface area contributed by atoms with Crippen LogP contribution in [0.15, 0.2) is 38.0 Å². The van der Waals surface area contributed by atoms with Crippen molar-refractivity contribution in [2.24, 2.45) is 0 Å². The average molecular weight is 202 g/mol. The van der Waals surface area contributed by atoms with Crippen LogP contribution in [0.5, 0.6) is 0 Å². The molecule has 0 rings (SSSR count). The molecule has 1 unspecified atom stereocenters. The largest absolute Gasteiger partial charge is 0.392 e. The molecule has 0 bridgehead atoms. The monoisotopic (exact) mass is 202 g/mol. The van der Waals surface area contributed by atoms with E-state index in [1.807, 2.05) is 0 Å². The predicted molar refractivity (Wildman–Crippen MR) is 61.2 cm³/mol. The quantitative estimate of drug-likeness (QED) is 0.680. The molecule has 0 heterocycles. The molecule has 0 aliphatic heterocycles. The maximum Gasteiger partial charge on any atom is 0.0690 e. The summed E-state index contributed by atoms with van der Waals surface area (Å²) in [4.78, 5) is 0. The summed E-state index contributed by atoms with van der Waals surface area (Å²) in [6, 6.07) is 0. The van der Waals surface area contributed by atoms with Gasteiger partial charge in [0, 0.05) is 7.11 Å². The van der Waals surface area contributed by atoms with E-state index in [-0.39, 0.29) is 12.7 Å². The van der Waals surface area contributed by atoms with Crippen molar-refractivity contribution in [3.63, 3.8) is 0 Å². The number of rotatable bonds is 4. The van der Waals surface area contributed by atoms with Crippen molar-refractivity contribution in [2.75, 3.05) is 20.3 Å². The molecule has 0 saturated heterocycles. The van der Waals surface area contributed by atoms with E-state index in [9.17, 15) is 0 Å². The lowest BCUT2D eigenvalue weighted by Crippen LogP contribution is -1.88. The van der Waals surface area contributed by atoms with Crippen LogP contribution in [0.2, 0.25) is 0 Å². The van der Waals surface area contributed by atoms with E-state index in [0.717, 1.165) is 0 Å². The van der Waals surface area contributed by atoms with E-state index < -0.39 is 0 Å². The Bertz CT molecular complexity index is 120. The van der Waals surface area contributed by atoms with Gasteiger partial charge in [-0.2, -0.15) is 0 Å². The van der Waals surface area contributed by atoms with Crippen LogP contribution in [-0.2, 0) is 4.74 Å².